The van der Waals surface area contributed by atoms with Crippen LogP contribution in [-0.2, 0) is 17.0 Å². The van der Waals surface area contributed by atoms with Crippen LogP contribution >= 0.6 is 34.4 Å². The number of thiazole rings is 1. The van der Waals surface area contributed by atoms with Crippen LogP contribution in [0, 0.1) is 6.92 Å². The van der Waals surface area contributed by atoms with Gasteiger partial charge in [0.05, 0.1) is 22.2 Å². The lowest BCUT2D eigenvalue weighted by Gasteiger charge is -2.24. The van der Waals surface area contributed by atoms with Gasteiger partial charge in [0, 0.05) is 11.3 Å². The van der Waals surface area contributed by atoms with Crippen molar-refractivity contribution in [1.82, 2.24) is 15.2 Å². The predicted octanol–water partition coefficient (Wildman–Crippen LogP) is 7.61. The number of amides is 1. The zero-order chi connectivity index (χ0) is 29.2. The fraction of sp³-hybridized carbons (Fsp3) is 0.156. The van der Waals surface area contributed by atoms with Gasteiger partial charge in [-0.1, -0.05) is 115 Å². The molecule has 0 saturated carbocycles. The fourth-order valence-corrected chi connectivity index (χ4v) is 7.65. The molecule has 1 aliphatic heterocycles. The van der Waals surface area contributed by atoms with Gasteiger partial charge in [0.15, 0.2) is 10.1 Å². The summed E-state index contributed by atoms with van der Waals surface area (Å²) in [5.41, 5.74) is 4.43. The first kappa shape index (κ1) is 28.0. The summed E-state index contributed by atoms with van der Waals surface area (Å²) in [7, 11) is 0. The zero-order valence-electron chi connectivity index (χ0n) is 22.9. The van der Waals surface area contributed by atoms with Crippen molar-refractivity contribution >= 4 is 51.3 Å². The van der Waals surface area contributed by atoms with Gasteiger partial charge in [-0.3, -0.25) is 14.5 Å². The van der Waals surface area contributed by atoms with Crippen molar-refractivity contribution < 1.29 is 14.7 Å². The number of anilines is 1. The Balaban J connectivity index is 1.37. The third-order valence-electron chi connectivity index (χ3n) is 6.99. The highest BCUT2D eigenvalue weighted by Gasteiger charge is 2.46. The summed E-state index contributed by atoms with van der Waals surface area (Å²) < 4.78 is 0.687. The van der Waals surface area contributed by atoms with Gasteiger partial charge < -0.3 is 5.11 Å². The molecule has 3 heterocycles. The molecule has 0 saturated heterocycles. The first-order chi connectivity index (χ1) is 20.4. The normalized spacial score (nSPS) is 15.0. The van der Waals surface area contributed by atoms with E-state index in [0.29, 0.717) is 36.4 Å². The van der Waals surface area contributed by atoms with Crippen molar-refractivity contribution in [3.05, 3.63) is 124 Å². The first-order valence-corrected chi connectivity index (χ1v) is 16.0. The molecule has 10 heteroatoms. The SMILES string of the molecule is CCc1ccc([C@@H]2C(C(=O)c3sc(-c4ccccc4)nc3C)=C(O)C(=O)N2c2nnc(SCc3ccccc3)s2)cc1. The van der Waals surface area contributed by atoms with Crippen LogP contribution in [-0.4, -0.2) is 32.0 Å². The van der Waals surface area contributed by atoms with Crippen molar-refractivity contribution in [2.75, 3.05) is 4.90 Å². The van der Waals surface area contributed by atoms with Crippen LogP contribution in [0.5, 0.6) is 0 Å². The summed E-state index contributed by atoms with van der Waals surface area (Å²) in [6.07, 6.45) is 0.848. The first-order valence-electron chi connectivity index (χ1n) is 13.4. The van der Waals surface area contributed by atoms with Crippen molar-refractivity contribution in [2.45, 2.75) is 36.4 Å². The topological polar surface area (TPSA) is 96.3 Å². The minimum atomic E-state index is -0.863. The summed E-state index contributed by atoms with van der Waals surface area (Å²) in [5, 5.41) is 20.9. The Hall–Kier alpha value is -4.12. The van der Waals surface area contributed by atoms with E-state index in [0.717, 1.165) is 23.1 Å². The number of aromatic nitrogens is 3. The van der Waals surface area contributed by atoms with Crippen molar-refractivity contribution in [2.24, 2.45) is 0 Å². The summed E-state index contributed by atoms with van der Waals surface area (Å²) in [4.78, 5) is 34.2. The molecular formula is C32H26N4O3S3. The second kappa shape index (κ2) is 12.0. The molecule has 7 nitrogen and oxygen atoms in total. The number of carbonyl (C=O) groups excluding carboxylic acids is 2. The number of nitrogens with zero attached hydrogens (tertiary/aromatic N) is 4. The molecule has 0 radical (unpaired) electrons. The maximum Gasteiger partial charge on any atom is 0.296 e. The van der Waals surface area contributed by atoms with E-state index in [1.807, 2.05) is 84.9 Å². The molecule has 0 spiro atoms. The number of carbonyl (C=O) groups is 2. The number of hydrogen-bond donors (Lipinski definition) is 1. The van der Waals surface area contributed by atoms with E-state index in [2.05, 4.69) is 22.1 Å². The number of Topliss-reactive ketones (excluding diaryl/α,β-unsaturated/α-hetero) is 1. The fourth-order valence-electron chi connectivity index (χ4n) is 4.80. The largest absolute Gasteiger partial charge is 0.503 e. The molecule has 0 aliphatic carbocycles. The average Bonchev–Trinajstić information content (AvgIpc) is 3.73. The van der Waals surface area contributed by atoms with Gasteiger partial charge in [0.25, 0.3) is 5.91 Å². The molecular weight excluding hydrogens is 585 g/mol. The molecule has 3 aromatic carbocycles. The van der Waals surface area contributed by atoms with Crippen LogP contribution in [0.3, 0.4) is 0 Å². The van der Waals surface area contributed by atoms with Gasteiger partial charge in [0.2, 0.25) is 10.9 Å². The second-order valence-electron chi connectivity index (χ2n) is 9.69. The highest BCUT2D eigenvalue weighted by atomic mass is 32.2. The van der Waals surface area contributed by atoms with E-state index in [9.17, 15) is 14.7 Å². The molecule has 42 heavy (non-hydrogen) atoms. The number of aliphatic hydroxyl groups is 1. The van der Waals surface area contributed by atoms with Gasteiger partial charge in [-0.15, -0.1) is 21.5 Å². The van der Waals surface area contributed by atoms with E-state index in [4.69, 9.17) is 0 Å². The zero-order valence-corrected chi connectivity index (χ0v) is 25.3. The van der Waals surface area contributed by atoms with Crippen molar-refractivity contribution in [3.8, 4) is 10.6 Å². The maximum atomic E-state index is 14.2. The van der Waals surface area contributed by atoms with Gasteiger partial charge in [0.1, 0.15) is 5.01 Å². The third kappa shape index (κ3) is 5.40. The maximum absolute atomic E-state index is 14.2. The number of aliphatic hydroxyl groups excluding tert-OH is 1. The van der Waals surface area contributed by atoms with Crippen LogP contribution in [0.2, 0.25) is 0 Å². The molecule has 210 valence electrons. The minimum Gasteiger partial charge on any atom is -0.503 e. The molecule has 6 rings (SSSR count). The molecule has 0 bridgehead atoms. The smallest absolute Gasteiger partial charge is 0.296 e. The third-order valence-corrected chi connectivity index (χ3v) is 10.3. The molecule has 1 N–H and O–H groups in total. The molecule has 5 aromatic rings. The Kier molecular flexibility index (Phi) is 8.01. The lowest BCUT2D eigenvalue weighted by molar-refractivity contribution is -0.117. The second-order valence-corrected chi connectivity index (χ2v) is 12.9. The summed E-state index contributed by atoms with van der Waals surface area (Å²) in [5.74, 6) is -0.975. The quantitative estimate of drug-likeness (QED) is 0.104. The Labute approximate surface area is 255 Å². The molecule has 1 aliphatic rings. The lowest BCUT2D eigenvalue weighted by Crippen LogP contribution is -2.31. The standard InChI is InChI=1S/C32H26N4O3S3/c1-3-20-14-16-22(17-15-20)25-24(26(37)28-19(2)33-29(41-28)23-12-8-5-9-13-23)27(38)30(39)36(25)31-34-35-32(42-31)40-18-21-10-6-4-7-11-21/h4-17,25,38H,3,18H2,1-2H3/t25-/m1/s1. The van der Waals surface area contributed by atoms with Crippen LogP contribution in [0.4, 0.5) is 5.13 Å². The van der Waals surface area contributed by atoms with Crippen molar-refractivity contribution in [1.29, 1.82) is 0 Å². The van der Waals surface area contributed by atoms with E-state index in [1.54, 1.807) is 6.92 Å². The van der Waals surface area contributed by atoms with E-state index in [-0.39, 0.29) is 5.57 Å². The highest BCUT2D eigenvalue weighted by molar-refractivity contribution is 8.00. The molecule has 1 atom stereocenters. The average molecular weight is 611 g/mol. The van der Waals surface area contributed by atoms with E-state index in [1.165, 1.54) is 39.3 Å². The Morgan fingerprint density at radius 3 is 2.31 bits per heavy atom. The number of rotatable bonds is 9. The van der Waals surface area contributed by atoms with Crippen LogP contribution in [0.1, 0.15) is 45.0 Å². The summed E-state index contributed by atoms with van der Waals surface area (Å²) in [6, 6.07) is 26.5. The number of hydrogen-bond acceptors (Lipinski definition) is 9. The monoisotopic (exact) mass is 610 g/mol. The van der Waals surface area contributed by atoms with Crippen LogP contribution in [0.15, 0.2) is 101 Å². The Morgan fingerprint density at radius 2 is 1.62 bits per heavy atom. The minimum absolute atomic E-state index is 0.0179. The van der Waals surface area contributed by atoms with Gasteiger partial charge in [-0.05, 0) is 30.0 Å². The van der Waals surface area contributed by atoms with E-state index >= 15 is 0 Å². The number of benzene rings is 3. The molecule has 2 aromatic heterocycles. The van der Waals surface area contributed by atoms with Gasteiger partial charge in [-0.2, -0.15) is 0 Å². The Bertz CT molecular complexity index is 1780. The van der Waals surface area contributed by atoms with Crippen LogP contribution in [0.25, 0.3) is 10.6 Å². The molecule has 0 fully saturated rings. The highest BCUT2D eigenvalue weighted by Crippen LogP contribution is 2.45. The molecule has 0 unspecified atom stereocenters. The number of aryl methyl sites for hydroxylation is 2. The van der Waals surface area contributed by atoms with E-state index < -0.39 is 23.5 Å². The Morgan fingerprint density at radius 1 is 0.929 bits per heavy atom. The summed E-state index contributed by atoms with van der Waals surface area (Å²) in [6.45, 7) is 3.84. The number of ketones is 1. The van der Waals surface area contributed by atoms with Crippen LogP contribution < -0.4 is 4.90 Å². The predicted molar refractivity (Wildman–Crippen MR) is 168 cm³/mol. The lowest BCUT2D eigenvalue weighted by atomic mass is 9.94. The number of thioether (sulfide) groups is 1. The molecule has 1 amide bonds. The van der Waals surface area contributed by atoms with Gasteiger partial charge >= 0.3 is 0 Å². The van der Waals surface area contributed by atoms with Gasteiger partial charge in [-0.25, -0.2) is 4.98 Å². The summed E-state index contributed by atoms with van der Waals surface area (Å²) >= 11 is 4.04. The van der Waals surface area contributed by atoms with Crippen molar-refractivity contribution in [3.63, 3.8) is 0 Å².